The molecule has 1 heterocycles. The van der Waals surface area contributed by atoms with Crippen LogP contribution in [-0.4, -0.2) is 10.5 Å². The van der Waals surface area contributed by atoms with Crippen LogP contribution in [0.25, 0.3) is 0 Å². The third-order valence-corrected chi connectivity index (χ3v) is 4.05. The van der Waals surface area contributed by atoms with Crippen molar-refractivity contribution in [2.75, 3.05) is 0 Å². The van der Waals surface area contributed by atoms with E-state index in [9.17, 15) is 9.59 Å². The first-order chi connectivity index (χ1) is 7.02. The molecule has 0 aliphatic heterocycles. The summed E-state index contributed by atoms with van der Waals surface area (Å²) in [5.41, 5.74) is 1.71. The molecule has 1 aromatic heterocycles. The number of carbonyl (C=O) groups excluding carboxylic acids is 2. The Kier molecular flexibility index (Phi) is 4.32. The van der Waals surface area contributed by atoms with Crippen LogP contribution in [0.4, 0.5) is 0 Å². The Morgan fingerprint density at radius 3 is 1.53 bits per heavy atom. The van der Waals surface area contributed by atoms with Gasteiger partial charge < -0.3 is 0 Å². The lowest BCUT2D eigenvalue weighted by Gasteiger charge is -2.00. The molecule has 82 valence electrons. The van der Waals surface area contributed by atoms with Crippen molar-refractivity contribution in [1.29, 1.82) is 0 Å². The maximum atomic E-state index is 11.2. The first-order valence-corrected chi connectivity index (χ1v) is 6.14. The largest absolute Gasteiger partial charge is 0.275 e. The smallest absolute Gasteiger partial charge is 0.262 e. The van der Waals surface area contributed by atoms with Crippen LogP contribution in [0.2, 0.25) is 0 Å². The number of halogens is 2. The molecule has 0 aliphatic carbocycles. The van der Waals surface area contributed by atoms with Crippen LogP contribution in [-0.2, 0) is 12.8 Å². The second-order valence-corrected chi connectivity index (χ2v) is 4.68. The Labute approximate surface area is 102 Å². The molecule has 15 heavy (non-hydrogen) atoms. The first-order valence-electron chi connectivity index (χ1n) is 4.57. The molecule has 0 aromatic carbocycles. The lowest BCUT2D eigenvalue weighted by atomic mass is 10.0. The predicted octanol–water partition coefficient (Wildman–Crippen LogP) is 3.63. The Morgan fingerprint density at radius 1 is 1.00 bits per heavy atom. The van der Waals surface area contributed by atoms with Gasteiger partial charge in [0.05, 0.1) is 9.75 Å². The normalized spacial score (nSPS) is 10.4. The summed E-state index contributed by atoms with van der Waals surface area (Å²) in [4.78, 5) is 23.2. The zero-order valence-electron chi connectivity index (χ0n) is 8.39. The topological polar surface area (TPSA) is 34.1 Å². The van der Waals surface area contributed by atoms with E-state index >= 15 is 0 Å². The molecule has 0 saturated heterocycles. The number of carbonyl (C=O) groups is 2. The van der Waals surface area contributed by atoms with Gasteiger partial charge in [0.15, 0.2) is 0 Å². The average Bonchev–Trinajstić information content (AvgIpc) is 2.55. The van der Waals surface area contributed by atoms with E-state index in [2.05, 4.69) is 0 Å². The van der Waals surface area contributed by atoms with Gasteiger partial charge in [0, 0.05) is 0 Å². The molecular weight excluding hydrogens is 255 g/mol. The van der Waals surface area contributed by atoms with E-state index < -0.39 is 10.5 Å². The van der Waals surface area contributed by atoms with Crippen LogP contribution in [0.3, 0.4) is 0 Å². The monoisotopic (exact) mass is 264 g/mol. The van der Waals surface area contributed by atoms with Crippen LogP contribution in [0.1, 0.15) is 44.3 Å². The van der Waals surface area contributed by atoms with Gasteiger partial charge in [0.2, 0.25) is 0 Å². The van der Waals surface area contributed by atoms with E-state index in [1.807, 2.05) is 13.8 Å². The highest BCUT2D eigenvalue weighted by molar-refractivity contribution is 7.19. The number of hydrogen-bond acceptors (Lipinski definition) is 3. The van der Waals surface area contributed by atoms with Crippen LogP contribution >= 0.6 is 34.5 Å². The van der Waals surface area contributed by atoms with Crippen LogP contribution in [0.5, 0.6) is 0 Å². The number of hydrogen-bond donors (Lipinski definition) is 0. The van der Waals surface area contributed by atoms with Crippen LogP contribution in [0.15, 0.2) is 0 Å². The van der Waals surface area contributed by atoms with Gasteiger partial charge in [0.1, 0.15) is 0 Å². The molecule has 0 spiro atoms. The van der Waals surface area contributed by atoms with Gasteiger partial charge in [0.25, 0.3) is 10.5 Å². The lowest BCUT2D eigenvalue weighted by molar-refractivity contribution is 0.107. The second kappa shape index (κ2) is 5.10. The molecule has 0 bridgehead atoms. The fraction of sp³-hybridized carbons (Fsp3) is 0.400. The van der Waals surface area contributed by atoms with Crippen molar-refractivity contribution in [3.05, 3.63) is 20.9 Å². The summed E-state index contributed by atoms with van der Waals surface area (Å²) in [5, 5.41) is -1.04. The molecule has 0 atom stereocenters. The van der Waals surface area contributed by atoms with Gasteiger partial charge in [-0.25, -0.2) is 0 Å². The molecule has 2 nitrogen and oxygen atoms in total. The summed E-state index contributed by atoms with van der Waals surface area (Å²) >= 11 is 12.0. The fourth-order valence-electron chi connectivity index (χ4n) is 1.56. The van der Waals surface area contributed by atoms with Gasteiger partial charge in [-0.15, -0.1) is 11.3 Å². The Balaban J connectivity index is 3.44. The van der Waals surface area contributed by atoms with Crippen molar-refractivity contribution in [1.82, 2.24) is 0 Å². The van der Waals surface area contributed by atoms with E-state index in [0.29, 0.717) is 22.6 Å². The minimum Gasteiger partial charge on any atom is -0.275 e. The van der Waals surface area contributed by atoms with E-state index in [4.69, 9.17) is 23.2 Å². The standard InChI is InChI=1S/C10H10Cl2O2S/c1-3-5-6(4-2)8(10(12)14)15-7(5)9(11)13/h3-4H2,1-2H3. The molecule has 1 rings (SSSR count). The van der Waals surface area contributed by atoms with E-state index in [1.54, 1.807) is 0 Å². The fourth-order valence-corrected chi connectivity index (χ4v) is 3.17. The maximum absolute atomic E-state index is 11.2. The molecule has 0 aliphatic rings. The third kappa shape index (κ3) is 2.41. The summed E-state index contributed by atoms with van der Waals surface area (Å²) in [6.45, 7) is 3.85. The maximum Gasteiger partial charge on any atom is 0.262 e. The average molecular weight is 265 g/mol. The van der Waals surface area contributed by atoms with E-state index in [1.165, 1.54) is 0 Å². The molecule has 0 radical (unpaired) electrons. The summed E-state index contributed by atoms with van der Waals surface area (Å²) in [6.07, 6.45) is 1.36. The van der Waals surface area contributed by atoms with Gasteiger partial charge >= 0.3 is 0 Å². The summed E-state index contributed by atoms with van der Waals surface area (Å²) < 4.78 is 0. The molecular formula is C10H10Cl2O2S. The van der Waals surface area contributed by atoms with Crippen molar-refractivity contribution in [2.24, 2.45) is 0 Å². The third-order valence-electron chi connectivity index (χ3n) is 2.18. The Bertz CT molecular complexity index is 373. The lowest BCUT2D eigenvalue weighted by Crippen LogP contribution is -1.96. The molecule has 0 N–H and O–H groups in total. The molecule has 0 unspecified atom stereocenters. The summed E-state index contributed by atoms with van der Waals surface area (Å²) in [7, 11) is 0. The Morgan fingerprint density at radius 2 is 1.33 bits per heavy atom. The van der Waals surface area contributed by atoms with Crippen molar-refractivity contribution in [3.8, 4) is 0 Å². The summed E-state index contributed by atoms with van der Waals surface area (Å²) in [5.74, 6) is 0. The van der Waals surface area contributed by atoms with Crippen LogP contribution < -0.4 is 0 Å². The van der Waals surface area contributed by atoms with E-state index in [0.717, 1.165) is 22.5 Å². The van der Waals surface area contributed by atoms with Gasteiger partial charge in [-0.2, -0.15) is 0 Å². The van der Waals surface area contributed by atoms with Gasteiger partial charge in [-0.3, -0.25) is 9.59 Å². The zero-order valence-corrected chi connectivity index (χ0v) is 10.7. The first kappa shape index (κ1) is 12.7. The summed E-state index contributed by atoms with van der Waals surface area (Å²) in [6, 6.07) is 0. The highest BCUT2D eigenvalue weighted by Crippen LogP contribution is 2.32. The van der Waals surface area contributed by atoms with Crippen molar-refractivity contribution in [2.45, 2.75) is 26.7 Å². The highest BCUT2D eigenvalue weighted by atomic mass is 35.5. The molecule has 5 heteroatoms. The molecule has 0 amide bonds. The number of rotatable bonds is 4. The molecule has 0 saturated carbocycles. The highest BCUT2D eigenvalue weighted by Gasteiger charge is 2.22. The van der Waals surface area contributed by atoms with Crippen molar-refractivity contribution >= 4 is 45.0 Å². The molecule has 1 aromatic rings. The zero-order chi connectivity index (χ0) is 11.6. The molecule has 0 fully saturated rings. The number of thiophene rings is 1. The minimum atomic E-state index is -0.518. The van der Waals surface area contributed by atoms with Gasteiger partial charge in [-0.05, 0) is 47.2 Å². The van der Waals surface area contributed by atoms with Crippen molar-refractivity contribution in [3.63, 3.8) is 0 Å². The minimum absolute atomic E-state index is 0.444. The van der Waals surface area contributed by atoms with Crippen LogP contribution in [0, 0.1) is 0 Å². The Hall–Kier alpha value is -0.380. The SMILES string of the molecule is CCc1c(C(=O)Cl)sc(C(=O)Cl)c1CC. The quantitative estimate of drug-likeness (QED) is 0.779. The van der Waals surface area contributed by atoms with E-state index in [-0.39, 0.29) is 0 Å². The predicted molar refractivity (Wildman–Crippen MR) is 63.4 cm³/mol. The van der Waals surface area contributed by atoms with Crippen molar-refractivity contribution < 1.29 is 9.59 Å². The second-order valence-electron chi connectivity index (χ2n) is 2.97. The van der Waals surface area contributed by atoms with Gasteiger partial charge in [-0.1, -0.05) is 13.8 Å².